The molecular weight excluding hydrogens is 250 g/mol. The van der Waals surface area contributed by atoms with Crippen molar-refractivity contribution in [2.24, 2.45) is 5.92 Å². The average Bonchev–Trinajstić information content (AvgIpc) is 2.76. The molecule has 2 unspecified atom stereocenters. The lowest BCUT2D eigenvalue weighted by molar-refractivity contribution is -0.140. The number of aliphatic carboxylic acids is 1. The van der Waals surface area contributed by atoms with E-state index in [-0.39, 0.29) is 23.1 Å². The van der Waals surface area contributed by atoms with Crippen LogP contribution in [0.2, 0.25) is 0 Å². The largest absolute Gasteiger partial charge is 0.508 e. The molecule has 1 amide bonds. The standard InChI is InChI=1S/C13H13NO5/c15-10-4-8(5-11(16)6-10)12(17)14-9-2-1-7(3-9)13(18)19/h1-2,4-7,9,15-16H,3H2,(H,14,17)(H,18,19). The predicted octanol–water partition coefficient (Wildman–Crippen LogP) is 0.857. The molecule has 0 saturated heterocycles. The van der Waals surface area contributed by atoms with Crippen LogP contribution in [-0.4, -0.2) is 33.2 Å². The van der Waals surface area contributed by atoms with Crippen molar-refractivity contribution in [3.05, 3.63) is 35.9 Å². The molecule has 2 atom stereocenters. The molecule has 0 spiro atoms. The summed E-state index contributed by atoms with van der Waals surface area (Å²) in [6.07, 6.45) is 3.46. The van der Waals surface area contributed by atoms with Crippen LogP contribution >= 0.6 is 0 Å². The zero-order valence-corrected chi connectivity index (χ0v) is 9.91. The second-order valence-corrected chi connectivity index (χ2v) is 4.38. The maximum atomic E-state index is 11.9. The van der Waals surface area contributed by atoms with Crippen molar-refractivity contribution in [1.82, 2.24) is 5.32 Å². The summed E-state index contributed by atoms with van der Waals surface area (Å²) >= 11 is 0. The number of phenolic OH excluding ortho intramolecular Hbond substituents is 2. The summed E-state index contributed by atoms with van der Waals surface area (Å²) in [7, 11) is 0. The number of phenols is 2. The maximum absolute atomic E-state index is 11.9. The van der Waals surface area contributed by atoms with Crippen LogP contribution in [0.15, 0.2) is 30.4 Å². The normalized spacial score (nSPS) is 21.3. The SMILES string of the molecule is O=C(NC1C=CC(C(=O)O)C1)c1cc(O)cc(O)c1. The van der Waals surface area contributed by atoms with Crippen molar-refractivity contribution in [2.75, 3.05) is 0 Å². The van der Waals surface area contributed by atoms with Crippen LogP contribution in [0.1, 0.15) is 16.8 Å². The minimum Gasteiger partial charge on any atom is -0.508 e. The van der Waals surface area contributed by atoms with Crippen LogP contribution < -0.4 is 5.32 Å². The molecule has 0 aromatic heterocycles. The molecule has 1 aromatic carbocycles. The van der Waals surface area contributed by atoms with E-state index in [4.69, 9.17) is 5.11 Å². The summed E-state index contributed by atoms with van der Waals surface area (Å²) in [6, 6.07) is 3.20. The maximum Gasteiger partial charge on any atom is 0.310 e. The third-order valence-electron chi connectivity index (χ3n) is 2.88. The van der Waals surface area contributed by atoms with Crippen LogP contribution in [0.4, 0.5) is 0 Å². The van der Waals surface area contributed by atoms with Gasteiger partial charge in [0, 0.05) is 17.7 Å². The third-order valence-corrected chi connectivity index (χ3v) is 2.88. The van der Waals surface area contributed by atoms with Gasteiger partial charge in [-0.05, 0) is 18.6 Å². The van der Waals surface area contributed by atoms with Gasteiger partial charge in [0.2, 0.25) is 0 Å². The molecule has 6 nitrogen and oxygen atoms in total. The first kappa shape index (κ1) is 12.9. The quantitative estimate of drug-likeness (QED) is 0.605. The lowest BCUT2D eigenvalue weighted by Gasteiger charge is -2.12. The van der Waals surface area contributed by atoms with Gasteiger partial charge in [0.25, 0.3) is 5.91 Å². The Labute approximate surface area is 109 Å². The highest BCUT2D eigenvalue weighted by molar-refractivity contribution is 5.95. The Morgan fingerprint density at radius 2 is 1.74 bits per heavy atom. The smallest absolute Gasteiger partial charge is 0.310 e. The zero-order valence-electron chi connectivity index (χ0n) is 9.91. The first-order valence-electron chi connectivity index (χ1n) is 5.70. The van der Waals surface area contributed by atoms with Crippen LogP contribution in [0.25, 0.3) is 0 Å². The summed E-state index contributed by atoms with van der Waals surface area (Å²) < 4.78 is 0. The number of amides is 1. The number of carboxylic acids is 1. The van der Waals surface area contributed by atoms with Gasteiger partial charge in [-0.3, -0.25) is 9.59 Å². The molecule has 0 aliphatic heterocycles. The number of aromatic hydroxyl groups is 2. The van der Waals surface area contributed by atoms with Gasteiger partial charge >= 0.3 is 5.97 Å². The van der Waals surface area contributed by atoms with Crippen LogP contribution in [-0.2, 0) is 4.79 Å². The minimum atomic E-state index is -0.928. The van der Waals surface area contributed by atoms with Gasteiger partial charge in [0.1, 0.15) is 11.5 Å². The highest BCUT2D eigenvalue weighted by atomic mass is 16.4. The molecule has 19 heavy (non-hydrogen) atoms. The first-order valence-corrected chi connectivity index (χ1v) is 5.70. The molecular formula is C13H13NO5. The van der Waals surface area contributed by atoms with Crippen molar-refractivity contribution in [3.8, 4) is 11.5 Å². The van der Waals surface area contributed by atoms with E-state index in [0.717, 1.165) is 6.07 Å². The molecule has 6 heteroatoms. The fraction of sp³-hybridized carbons (Fsp3) is 0.231. The number of nitrogens with one attached hydrogen (secondary N) is 1. The average molecular weight is 263 g/mol. The van der Waals surface area contributed by atoms with Gasteiger partial charge < -0.3 is 20.6 Å². The number of carboxylic acid groups (broad SMARTS) is 1. The molecule has 0 radical (unpaired) electrons. The number of rotatable bonds is 3. The van der Waals surface area contributed by atoms with Gasteiger partial charge in [0.05, 0.1) is 5.92 Å². The Bertz CT molecular complexity index is 532. The molecule has 1 aliphatic rings. The van der Waals surface area contributed by atoms with Gasteiger partial charge in [-0.1, -0.05) is 12.2 Å². The van der Waals surface area contributed by atoms with E-state index < -0.39 is 17.8 Å². The highest BCUT2D eigenvalue weighted by Gasteiger charge is 2.25. The first-order chi connectivity index (χ1) is 8.95. The fourth-order valence-corrected chi connectivity index (χ4v) is 1.97. The molecule has 100 valence electrons. The lowest BCUT2D eigenvalue weighted by Crippen LogP contribution is -2.33. The number of hydrogen-bond acceptors (Lipinski definition) is 4. The highest BCUT2D eigenvalue weighted by Crippen LogP contribution is 2.22. The fourth-order valence-electron chi connectivity index (χ4n) is 1.97. The number of benzene rings is 1. The predicted molar refractivity (Wildman–Crippen MR) is 65.9 cm³/mol. The van der Waals surface area contributed by atoms with E-state index in [1.165, 1.54) is 18.2 Å². The molecule has 0 saturated carbocycles. The minimum absolute atomic E-state index is 0.115. The second-order valence-electron chi connectivity index (χ2n) is 4.38. The zero-order chi connectivity index (χ0) is 14.0. The molecule has 0 bridgehead atoms. The Morgan fingerprint density at radius 3 is 2.26 bits per heavy atom. The van der Waals surface area contributed by atoms with Crippen LogP contribution in [0.5, 0.6) is 11.5 Å². The summed E-state index contributed by atoms with van der Waals surface area (Å²) in [5.41, 5.74) is 0.115. The number of carbonyl (C=O) groups is 2. The number of hydrogen-bond donors (Lipinski definition) is 4. The molecule has 0 fully saturated rings. The van der Waals surface area contributed by atoms with E-state index in [1.54, 1.807) is 6.08 Å². The summed E-state index contributed by atoms with van der Waals surface area (Å²) in [4.78, 5) is 22.6. The van der Waals surface area contributed by atoms with Crippen molar-refractivity contribution in [3.63, 3.8) is 0 Å². The van der Waals surface area contributed by atoms with E-state index in [0.29, 0.717) is 6.42 Å². The second kappa shape index (κ2) is 5.01. The van der Waals surface area contributed by atoms with Crippen molar-refractivity contribution >= 4 is 11.9 Å². The van der Waals surface area contributed by atoms with E-state index >= 15 is 0 Å². The van der Waals surface area contributed by atoms with E-state index in [9.17, 15) is 19.8 Å². The number of carbonyl (C=O) groups excluding carboxylic acids is 1. The lowest BCUT2D eigenvalue weighted by atomic mass is 10.1. The van der Waals surface area contributed by atoms with Crippen LogP contribution in [0, 0.1) is 5.92 Å². The van der Waals surface area contributed by atoms with Crippen LogP contribution in [0.3, 0.4) is 0 Å². The monoisotopic (exact) mass is 263 g/mol. The van der Waals surface area contributed by atoms with Crippen molar-refractivity contribution in [2.45, 2.75) is 12.5 Å². The Balaban J connectivity index is 2.02. The molecule has 0 heterocycles. The summed E-state index contributed by atoms with van der Waals surface area (Å²) in [5.74, 6) is -2.43. The molecule has 1 aromatic rings. The Morgan fingerprint density at radius 1 is 1.11 bits per heavy atom. The van der Waals surface area contributed by atoms with Crippen molar-refractivity contribution in [1.29, 1.82) is 0 Å². The molecule has 1 aliphatic carbocycles. The summed E-state index contributed by atoms with van der Waals surface area (Å²) in [5, 5.41) is 30.0. The van der Waals surface area contributed by atoms with Gasteiger partial charge in [0.15, 0.2) is 0 Å². The van der Waals surface area contributed by atoms with Gasteiger partial charge in [-0.15, -0.1) is 0 Å². The Kier molecular flexibility index (Phi) is 3.41. The Hall–Kier alpha value is -2.50. The van der Waals surface area contributed by atoms with Gasteiger partial charge in [-0.25, -0.2) is 0 Å². The molecule has 4 N–H and O–H groups in total. The summed E-state index contributed by atoms with van der Waals surface area (Å²) in [6.45, 7) is 0. The third kappa shape index (κ3) is 3.04. The molecule has 2 rings (SSSR count). The van der Waals surface area contributed by atoms with Gasteiger partial charge in [-0.2, -0.15) is 0 Å². The van der Waals surface area contributed by atoms with Crippen molar-refractivity contribution < 1.29 is 24.9 Å². The van der Waals surface area contributed by atoms with E-state index in [2.05, 4.69) is 5.32 Å². The topological polar surface area (TPSA) is 107 Å². The van der Waals surface area contributed by atoms with E-state index in [1.807, 2.05) is 0 Å².